The number of nitrogens with one attached hydrogen (secondary N) is 1. The summed E-state index contributed by atoms with van der Waals surface area (Å²) in [6.07, 6.45) is 1.04. The SMILES string of the molecule is COc1ccc(CNc2cc(N3CCc4ccccc4C3)nc(C)n2)cc1OC. The molecule has 0 saturated carbocycles. The third kappa shape index (κ3) is 4.26. The molecule has 0 spiro atoms. The molecule has 1 N–H and O–H groups in total. The van der Waals surface area contributed by atoms with E-state index in [1.54, 1.807) is 14.2 Å². The summed E-state index contributed by atoms with van der Waals surface area (Å²) < 4.78 is 10.7. The number of ether oxygens (including phenoxy) is 2. The van der Waals surface area contributed by atoms with E-state index < -0.39 is 0 Å². The summed E-state index contributed by atoms with van der Waals surface area (Å²) >= 11 is 0. The molecule has 0 unspecified atom stereocenters. The lowest BCUT2D eigenvalue weighted by Crippen LogP contribution is -2.31. The van der Waals surface area contributed by atoms with Crippen molar-refractivity contribution < 1.29 is 9.47 Å². The van der Waals surface area contributed by atoms with Gasteiger partial charge in [0.15, 0.2) is 11.5 Å². The van der Waals surface area contributed by atoms with E-state index in [0.29, 0.717) is 6.54 Å². The number of aryl methyl sites for hydroxylation is 1. The maximum Gasteiger partial charge on any atom is 0.161 e. The molecule has 0 amide bonds. The molecule has 6 nitrogen and oxygen atoms in total. The second kappa shape index (κ2) is 8.39. The Kier molecular flexibility index (Phi) is 5.51. The lowest BCUT2D eigenvalue weighted by Gasteiger charge is -2.30. The van der Waals surface area contributed by atoms with Crippen molar-refractivity contribution >= 4 is 11.6 Å². The molecule has 0 aliphatic carbocycles. The van der Waals surface area contributed by atoms with Crippen molar-refractivity contribution in [2.45, 2.75) is 26.4 Å². The molecule has 150 valence electrons. The van der Waals surface area contributed by atoms with Crippen molar-refractivity contribution in [2.24, 2.45) is 0 Å². The zero-order chi connectivity index (χ0) is 20.2. The van der Waals surface area contributed by atoms with Gasteiger partial charge < -0.3 is 19.7 Å². The van der Waals surface area contributed by atoms with Crippen LogP contribution in [0.25, 0.3) is 0 Å². The molecule has 0 fully saturated rings. The zero-order valence-corrected chi connectivity index (χ0v) is 17.1. The molecule has 29 heavy (non-hydrogen) atoms. The lowest BCUT2D eigenvalue weighted by atomic mass is 10.00. The summed E-state index contributed by atoms with van der Waals surface area (Å²) in [5.41, 5.74) is 3.89. The van der Waals surface area contributed by atoms with Crippen LogP contribution in [0.3, 0.4) is 0 Å². The molecular formula is C23H26N4O2. The first-order valence-corrected chi connectivity index (χ1v) is 9.78. The zero-order valence-electron chi connectivity index (χ0n) is 17.1. The average molecular weight is 390 g/mol. The Morgan fingerprint density at radius 3 is 2.55 bits per heavy atom. The number of benzene rings is 2. The minimum atomic E-state index is 0.638. The van der Waals surface area contributed by atoms with Gasteiger partial charge in [-0.05, 0) is 42.2 Å². The number of rotatable bonds is 6. The second-order valence-electron chi connectivity index (χ2n) is 7.14. The molecule has 0 radical (unpaired) electrons. The summed E-state index contributed by atoms with van der Waals surface area (Å²) in [4.78, 5) is 11.6. The third-order valence-corrected chi connectivity index (χ3v) is 5.20. The molecule has 1 aliphatic rings. The monoisotopic (exact) mass is 390 g/mol. The highest BCUT2D eigenvalue weighted by atomic mass is 16.5. The summed E-state index contributed by atoms with van der Waals surface area (Å²) in [7, 11) is 3.28. The van der Waals surface area contributed by atoms with Crippen LogP contribution in [0.5, 0.6) is 11.5 Å². The topological polar surface area (TPSA) is 59.5 Å². The summed E-state index contributed by atoms with van der Waals surface area (Å²) in [5, 5.41) is 3.42. The molecule has 2 aromatic carbocycles. The van der Waals surface area contributed by atoms with Crippen molar-refractivity contribution in [3.05, 3.63) is 71.0 Å². The molecule has 1 aromatic heterocycles. The van der Waals surface area contributed by atoms with Crippen LogP contribution >= 0.6 is 0 Å². The third-order valence-electron chi connectivity index (χ3n) is 5.20. The van der Waals surface area contributed by atoms with Gasteiger partial charge in [-0.3, -0.25) is 0 Å². The van der Waals surface area contributed by atoms with E-state index in [4.69, 9.17) is 9.47 Å². The minimum absolute atomic E-state index is 0.638. The molecular weight excluding hydrogens is 364 g/mol. The van der Waals surface area contributed by atoms with Gasteiger partial charge in [-0.25, -0.2) is 9.97 Å². The Morgan fingerprint density at radius 2 is 1.76 bits per heavy atom. The normalized spacial score (nSPS) is 13.0. The average Bonchev–Trinajstić information content (AvgIpc) is 2.76. The quantitative estimate of drug-likeness (QED) is 0.687. The van der Waals surface area contributed by atoms with Crippen LogP contribution in [0.4, 0.5) is 11.6 Å². The maximum absolute atomic E-state index is 5.39. The highest BCUT2D eigenvalue weighted by Gasteiger charge is 2.18. The van der Waals surface area contributed by atoms with Gasteiger partial charge in [0, 0.05) is 25.7 Å². The number of anilines is 2. The van der Waals surface area contributed by atoms with E-state index in [-0.39, 0.29) is 0 Å². The Hall–Kier alpha value is -3.28. The fraction of sp³-hybridized carbons (Fsp3) is 0.304. The van der Waals surface area contributed by atoms with E-state index in [2.05, 4.69) is 44.5 Å². The van der Waals surface area contributed by atoms with Gasteiger partial charge in [0.05, 0.1) is 14.2 Å². The smallest absolute Gasteiger partial charge is 0.161 e. The van der Waals surface area contributed by atoms with Crippen LogP contribution in [-0.2, 0) is 19.5 Å². The first-order valence-electron chi connectivity index (χ1n) is 9.78. The van der Waals surface area contributed by atoms with Gasteiger partial charge in [-0.2, -0.15) is 0 Å². The van der Waals surface area contributed by atoms with Crippen LogP contribution in [0, 0.1) is 6.92 Å². The van der Waals surface area contributed by atoms with Gasteiger partial charge in [0.25, 0.3) is 0 Å². The molecule has 4 rings (SSSR count). The van der Waals surface area contributed by atoms with Gasteiger partial charge in [-0.1, -0.05) is 30.3 Å². The second-order valence-corrected chi connectivity index (χ2v) is 7.14. The van der Waals surface area contributed by atoms with Crippen molar-refractivity contribution in [2.75, 3.05) is 31.0 Å². The maximum atomic E-state index is 5.39. The summed E-state index contributed by atoms with van der Waals surface area (Å²) in [5.74, 6) is 3.99. The number of hydrogen-bond donors (Lipinski definition) is 1. The molecule has 2 heterocycles. The van der Waals surface area contributed by atoms with E-state index in [0.717, 1.165) is 54.0 Å². The fourth-order valence-corrected chi connectivity index (χ4v) is 3.68. The van der Waals surface area contributed by atoms with Crippen LogP contribution in [-0.4, -0.2) is 30.7 Å². The number of nitrogens with zero attached hydrogens (tertiary/aromatic N) is 3. The number of aromatic nitrogens is 2. The largest absolute Gasteiger partial charge is 0.493 e. The predicted octanol–water partition coefficient (Wildman–Crippen LogP) is 3.98. The highest BCUT2D eigenvalue weighted by molar-refractivity contribution is 5.52. The van der Waals surface area contributed by atoms with E-state index in [1.165, 1.54) is 11.1 Å². The van der Waals surface area contributed by atoms with E-state index in [1.807, 2.05) is 31.2 Å². The molecule has 6 heteroatoms. The molecule has 0 bridgehead atoms. The molecule has 0 atom stereocenters. The van der Waals surface area contributed by atoms with E-state index in [9.17, 15) is 0 Å². The Bertz CT molecular complexity index is 1010. The lowest BCUT2D eigenvalue weighted by molar-refractivity contribution is 0.354. The standard InChI is InChI=1S/C23H26N4O2/c1-16-25-22(24-14-17-8-9-20(28-2)21(12-17)29-3)13-23(26-16)27-11-10-18-6-4-5-7-19(18)15-27/h4-9,12-13H,10-11,14-15H2,1-3H3,(H,24,25,26). The van der Waals surface area contributed by atoms with Crippen LogP contribution in [0.1, 0.15) is 22.5 Å². The van der Waals surface area contributed by atoms with Crippen molar-refractivity contribution in [1.82, 2.24) is 9.97 Å². The fourth-order valence-electron chi connectivity index (χ4n) is 3.68. The Labute approximate surface area is 171 Å². The highest BCUT2D eigenvalue weighted by Crippen LogP contribution is 2.28. The number of methoxy groups -OCH3 is 2. The molecule has 1 aliphatic heterocycles. The molecule has 3 aromatic rings. The first-order chi connectivity index (χ1) is 14.2. The summed E-state index contributed by atoms with van der Waals surface area (Å²) in [6.45, 7) is 4.41. The van der Waals surface area contributed by atoms with Crippen molar-refractivity contribution in [3.8, 4) is 11.5 Å². The molecule has 0 saturated heterocycles. The van der Waals surface area contributed by atoms with Crippen molar-refractivity contribution in [1.29, 1.82) is 0 Å². The number of fused-ring (bicyclic) bond motifs is 1. The summed E-state index contributed by atoms with van der Waals surface area (Å²) in [6, 6.07) is 16.6. The van der Waals surface area contributed by atoms with Crippen LogP contribution < -0.4 is 19.7 Å². The number of hydrogen-bond acceptors (Lipinski definition) is 6. The Morgan fingerprint density at radius 1 is 0.966 bits per heavy atom. The predicted molar refractivity (Wildman–Crippen MR) is 115 cm³/mol. The van der Waals surface area contributed by atoms with Gasteiger partial charge in [0.1, 0.15) is 17.5 Å². The van der Waals surface area contributed by atoms with Gasteiger partial charge in [0.2, 0.25) is 0 Å². The first kappa shape index (κ1) is 19.1. The van der Waals surface area contributed by atoms with Crippen LogP contribution in [0.2, 0.25) is 0 Å². The van der Waals surface area contributed by atoms with Crippen LogP contribution in [0.15, 0.2) is 48.5 Å². The van der Waals surface area contributed by atoms with Gasteiger partial charge in [-0.15, -0.1) is 0 Å². The van der Waals surface area contributed by atoms with Gasteiger partial charge >= 0.3 is 0 Å². The van der Waals surface area contributed by atoms with Crippen molar-refractivity contribution in [3.63, 3.8) is 0 Å². The minimum Gasteiger partial charge on any atom is -0.493 e. The van der Waals surface area contributed by atoms with E-state index >= 15 is 0 Å². The Balaban J connectivity index is 1.49.